The lowest BCUT2D eigenvalue weighted by molar-refractivity contribution is 0.614. The van der Waals surface area contributed by atoms with Crippen LogP contribution in [0, 0.1) is 6.92 Å². The summed E-state index contributed by atoms with van der Waals surface area (Å²) in [5, 5.41) is 3.37. The molecule has 0 fully saturated rings. The highest BCUT2D eigenvalue weighted by Gasteiger charge is 2.15. The van der Waals surface area contributed by atoms with Crippen LogP contribution in [0.25, 0.3) is 0 Å². The molecule has 1 aliphatic heterocycles. The summed E-state index contributed by atoms with van der Waals surface area (Å²) in [5.41, 5.74) is 3.65. The zero-order valence-electron chi connectivity index (χ0n) is 11.3. The molecule has 0 radical (unpaired) electrons. The number of nitrogens with one attached hydrogen (secondary N) is 1. The number of nitrogens with zero attached hydrogens (tertiary/aromatic N) is 2. The maximum absolute atomic E-state index is 4.71. The Labute approximate surface area is 131 Å². The van der Waals surface area contributed by atoms with Crippen LogP contribution < -0.4 is 5.32 Å². The third kappa shape index (κ3) is 3.22. The maximum Gasteiger partial charge on any atom is 0.139 e. The lowest BCUT2D eigenvalue weighted by Gasteiger charge is -2.18. The van der Waals surface area contributed by atoms with Gasteiger partial charge in [0.25, 0.3) is 0 Å². The first-order chi connectivity index (χ1) is 9.72. The number of aromatic nitrogens is 2. The van der Waals surface area contributed by atoms with E-state index >= 15 is 0 Å². The minimum Gasteiger partial charge on any atom is -0.311 e. The molecule has 1 aromatic carbocycles. The van der Waals surface area contributed by atoms with Gasteiger partial charge in [0.05, 0.1) is 11.4 Å². The van der Waals surface area contributed by atoms with E-state index in [1.807, 2.05) is 6.07 Å². The van der Waals surface area contributed by atoms with Crippen LogP contribution in [0.15, 0.2) is 33.6 Å². The molecule has 104 valence electrons. The van der Waals surface area contributed by atoms with E-state index < -0.39 is 0 Å². The lowest BCUT2D eigenvalue weighted by Crippen LogP contribution is -2.26. The van der Waals surface area contributed by atoms with Crippen LogP contribution in [-0.4, -0.2) is 16.5 Å². The summed E-state index contributed by atoms with van der Waals surface area (Å²) >= 11 is 5.27. The van der Waals surface area contributed by atoms with Gasteiger partial charge < -0.3 is 5.32 Å². The minimum absolute atomic E-state index is 0.810. The fourth-order valence-electron chi connectivity index (χ4n) is 2.38. The third-order valence-corrected chi connectivity index (χ3v) is 4.84. The van der Waals surface area contributed by atoms with Gasteiger partial charge in [-0.1, -0.05) is 22.0 Å². The first kappa shape index (κ1) is 14.0. The molecule has 0 spiro atoms. The van der Waals surface area contributed by atoms with E-state index in [-0.39, 0.29) is 0 Å². The van der Waals surface area contributed by atoms with Crippen molar-refractivity contribution in [2.45, 2.75) is 30.5 Å². The van der Waals surface area contributed by atoms with Gasteiger partial charge in [-0.3, -0.25) is 0 Å². The standard InChI is InChI=1S/C15H16BrN3S/c1-10-13-5-6-17-8-14(13)19-15(18-10)9-20-12-4-2-3-11(16)7-12/h2-4,7,17H,5-6,8-9H2,1H3. The van der Waals surface area contributed by atoms with Gasteiger partial charge in [-0.05, 0) is 43.7 Å². The molecule has 2 aromatic rings. The molecule has 3 rings (SSSR count). The number of rotatable bonds is 3. The molecular formula is C15H16BrN3S. The topological polar surface area (TPSA) is 37.8 Å². The molecule has 5 heteroatoms. The zero-order chi connectivity index (χ0) is 13.9. The Bertz CT molecular complexity index is 631. The van der Waals surface area contributed by atoms with Crippen LogP contribution in [0.1, 0.15) is 22.8 Å². The fraction of sp³-hybridized carbons (Fsp3) is 0.333. The van der Waals surface area contributed by atoms with Crippen LogP contribution in [0.3, 0.4) is 0 Å². The number of fused-ring (bicyclic) bond motifs is 1. The normalized spacial score (nSPS) is 14.1. The van der Waals surface area contributed by atoms with Crippen LogP contribution >= 0.6 is 27.7 Å². The fourth-order valence-corrected chi connectivity index (χ4v) is 3.74. The van der Waals surface area contributed by atoms with Gasteiger partial charge in [-0.2, -0.15) is 0 Å². The van der Waals surface area contributed by atoms with Gasteiger partial charge in [-0.25, -0.2) is 9.97 Å². The molecule has 0 amide bonds. The van der Waals surface area contributed by atoms with Gasteiger partial charge in [0, 0.05) is 21.6 Å². The van der Waals surface area contributed by atoms with Crippen molar-refractivity contribution in [1.82, 2.24) is 15.3 Å². The van der Waals surface area contributed by atoms with Gasteiger partial charge in [-0.15, -0.1) is 11.8 Å². The van der Waals surface area contributed by atoms with Gasteiger partial charge in [0.15, 0.2) is 0 Å². The second-order valence-electron chi connectivity index (χ2n) is 4.82. The predicted octanol–water partition coefficient (Wildman–Crippen LogP) is 3.49. The molecule has 2 heterocycles. The van der Waals surface area contributed by atoms with Crippen molar-refractivity contribution in [3.05, 3.63) is 51.5 Å². The van der Waals surface area contributed by atoms with Crippen molar-refractivity contribution in [1.29, 1.82) is 0 Å². The first-order valence-corrected chi connectivity index (χ1v) is 8.44. The smallest absolute Gasteiger partial charge is 0.139 e. The molecule has 0 saturated carbocycles. The van der Waals surface area contributed by atoms with Crippen LogP contribution in [0.4, 0.5) is 0 Å². The molecule has 0 unspecified atom stereocenters. The summed E-state index contributed by atoms with van der Waals surface area (Å²) in [6, 6.07) is 8.32. The molecule has 0 saturated heterocycles. The third-order valence-electron chi connectivity index (χ3n) is 3.35. The Kier molecular flexibility index (Phi) is 4.38. The highest BCUT2D eigenvalue weighted by atomic mass is 79.9. The van der Waals surface area contributed by atoms with Gasteiger partial charge in [0.2, 0.25) is 0 Å². The Balaban J connectivity index is 1.76. The molecule has 0 atom stereocenters. The Morgan fingerprint density at radius 2 is 2.25 bits per heavy atom. The predicted molar refractivity (Wildman–Crippen MR) is 85.9 cm³/mol. The van der Waals surface area contributed by atoms with Crippen molar-refractivity contribution in [2.75, 3.05) is 6.54 Å². The highest BCUT2D eigenvalue weighted by Crippen LogP contribution is 2.25. The average molecular weight is 350 g/mol. The monoisotopic (exact) mass is 349 g/mol. The second kappa shape index (κ2) is 6.24. The quantitative estimate of drug-likeness (QED) is 0.860. The summed E-state index contributed by atoms with van der Waals surface area (Å²) in [6.07, 6.45) is 1.04. The Morgan fingerprint density at radius 3 is 3.10 bits per heavy atom. The molecule has 1 aromatic heterocycles. The molecule has 1 aliphatic rings. The summed E-state index contributed by atoms with van der Waals surface area (Å²) in [6.45, 7) is 4.00. The molecule has 20 heavy (non-hydrogen) atoms. The SMILES string of the molecule is Cc1nc(CSc2cccc(Br)c2)nc2c1CCNC2. The van der Waals surface area contributed by atoms with Gasteiger partial charge >= 0.3 is 0 Å². The molecular weight excluding hydrogens is 334 g/mol. The summed E-state index contributed by atoms with van der Waals surface area (Å²) < 4.78 is 1.11. The molecule has 0 bridgehead atoms. The summed E-state index contributed by atoms with van der Waals surface area (Å²) in [7, 11) is 0. The van der Waals surface area contributed by atoms with Crippen molar-refractivity contribution < 1.29 is 0 Å². The van der Waals surface area contributed by atoms with Crippen molar-refractivity contribution in [2.24, 2.45) is 0 Å². The van der Waals surface area contributed by atoms with Crippen LogP contribution in [0.2, 0.25) is 0 Å². The number of halogens is 1. The van der Waals surface area contributed by atoms with E-state index in [0.717, 1.165) is 41.3 Å². The van der Waals surface area contributed by atoms with Crippen molar-refractivity contribution in [3.63, 3.8) is 0 Å². The van der Waals surface area contributed by atoms with E-state index in [4.69, 9.17) is 4.98 Å². The zero-order valence-corrected chi connectivity index (χ0v) is 13.7. The maximum atomic E-state index is 4.71. The number of thioether (sulfide) groups is 1. The largest absolute Gasteiger partial charge is 0.311 e. The molecule has 1 N–H and O–H groups in total. The summed E-state index contributed by atoms with van der Waals surface area (Å²) in [4.78, 5) is 10.6. The van der Waals surface area contributed by atoms with Crippen LogP contribution in [-0.2, 0) is 18.7 Å². The number of hydrogen-bond donors (Lipinski definition) is 1. The minimum atomic E-state index is 0.810. The Morgan fingerprint density at radius 1 is 1.35 bits per heavy atom. The molecule has 0 aliphatic carbocycles. The second-order valence-corrected chi connectivity index (χ2v) is 6.79. The van der Waals surface area contributed by atoms with E-state index in [1.165, 1.54) is 16.2 Å². The van der Waals surface area contributed by atoms with E-state index in [0.29, 0.717) is 0 Å². The number of hydrogen-bond acceptors (Lipinski definition) is 4. The Hall–Kier alpha value is -0.910. The highest BCUT2D eigenvalue weighted by molar-refractivity contribution is 9.10. The van der Waals surface area contributed by atoms with Crippen molar-refractivity contribution in [3.8, 4) is 0 Å². The van der Waals surface area contributed by atoms with E-state index in [1.54, 1.807) is 11.8 Å². The van der Waals surface area contributed by atoms with E-state index in [2.05, 4.69) is 51.4 Å². The van der Waals surface area contributed by atoms with Crippen LogP contribution in [0.5, 0.6) is 0 Å². The average Bonchev–Trinajstić information content (AvgIpc) is 2.45. The number of benzene rings is 1. The van der Waals surface area contributed by atoms with Gasteiger partial charge in [0.1, 0.15) is 5.82 Å². The summed E-state index contributed by atoms with van der Waals surface area (Å²) in [5.74, 6) is 1.74. The number of aryl methyl sites for hydroxylation is 1. The van der Waals surface area contributed by atoms with Crippen molar-refractivity contribution >= 4 is 27.7 Å². The van der Waals surface area contributed by atoms with E-state index in [9.17, 15) is 0 Å². The lowest BCUT2D eigenvalue weighted by atomic mass is 10.1. The first-order valence-electron chi connectivity index (χ1n) is 6.67. The molecule has 3 nitrogen and oxygen atoms in total.